The highest BCUT2D eigenvalue weighted by Gasteiger charge is 2.25. The van der Waals surface area contributed by atoms with E-state index < -0.39 is 0 Å². The number of hydrogen-bond acceptors (Lipinski definition) is 3. The molecule has 0 radical (unpaired) electrons. The average Bonchev–Trinajstić information content (AvgIpc) is 3.53. The Morgan fingerprint density at radius 1 is 0.781 bits per heavy atom. The predicted molar refractivity (Wildman–Crippen MR) is 130 cm³/mol. The Morgan fingerprint density at radius 3 is 2.16 bits per heavy atom. The van der Waals surface area contributed by atoms with Crippen LogP contribution in [0.4, 0.5) is 0 Å². The van der Waals surface area contributed by atoms with Gasteiger partial charge >= 0.3 is 0 Å². The van der Waals surface area contributed by atoms with Crippen molar-refractivity contribution in [1.82, 2.24) is 14.7 Å². The minimum absolute atomic E-state index is 0. The van der Waals surface area contributed by atoms with Crippen LogP contribution in [0.25, 0.3) is 11.1 Å². The Bertz CT molecular complexity index is 964. The van der Waals surface area contributed by atoms with E-state index in [0.29, 0.717) is 0 Å². The average molecular weight is 454 g/mol. The number of rotatable bonds is 5. The van der Waals surface area contributed by atoms with Crippen molar-refractivity contribution in [3.8, 4) is 11.1 Å². The quantitative estimate of drug-likeness (QED) is 0.684. The van der Waals surface area contributed by atoms with Crippen molar-refractivity contribution in [2.45, 2.75) is 32.1 Å². The van der Waals surface area contributed by atoms with E-state index in [9.17, 15) is 9.59 Å². The summed E-state index contributed by atoms with van der Waals surface area (Å²) in [5.74, 6) is 0.299. The van der Waals surface area contributed by atoms with E-state index in [-0.39, 0.29) is 24.2 Å². The molecule has 0 aromatic heterocycles. The van der Waals surface area contributed by atoms with Gasteiger partial charge in [-0.3, -0.25) is 9.59 Å². The van der Waals surface area contributed by atoms with E-state index >= 15 is 0 Å². The fourth-order valence-corrected chi connectivity index (χ4v) is 5.11. The Labute approximate surface area is 196 Å². The van der Waals surface area contributed by atoms with Gasteiger partial charge in [-0.25, -0.2) is 0 Å². The molecule has 2 amide bonds. The zero-order chi connectivity index (χ0) is 21.2. The van der Waals surface area contributed by atoms with Crippen LogP contribution in [-0.4, -0.2) is 72.3 Å². The van der Waals surface area contributed by atoms with E-state index in [2.05, 4.69) is 11.0 Å². The van der Waals surface area contributed by atoms with Crippen molar-refractivity contribution in [2.75, 3.05) is 45.8 Å². The normalized spacial score (nSPS) is 18.6. The SMILES string of the molecule is Cl.O=C(c1ccc(-c2ccc3c(c2)CCN(CCN2CCCC2)C3=O)cc1)N1CCCC1. The second-order valence-corrected chi connectivity index (χ2v) is 9.04. The van der Waals surface area contributed by atoms with Gasteiger partial charge in [0.25, 0.3) is 11.8 Å². The summed E-state index contributed by atoms with van der Waals surface area (Å²) < 4.78 is 0. The highest BCUT2D eigenvalue weighted by molar-refractivity contribution is 5.97. The summed E-state index contributed by atoms with van der Waals surface area (Å²) in [4.78, 5) is 32.0. The monoisotopic (exact) mass is 453 g/mol. The molecule has 0 bridgehead atoms. The fourth-order valence-electron chi connectivity index (χ4n) is 5.11. The van der Waals surface area contributed by atoms with Gasteiger partial charge in [0.05, 0.1) is 0 Å². The van der Waals surface area contributed by atoms with Crippen molar-refractivity contribution < 1.29 is 9.59 Å². The lowest BCUT2D eigenvalue weighted by Gasteiger charge is -2.30. The predicted octanol–water partition coefficient (Wildman–Crippen LogP) is 4.11. The minimum Gasteiger partial charge on any atom is -0.339 e. The number of carbonyl (C=O) groups is 2. The molecule has 2 aromatic rings. The first-order valence-corrected chi connectivity index (χ1v) is 11.7. The molecule has 2 fully saturated rings. The number of amides is 2. The molecule has 3 aliphatic rings. The van der Waals surface area contributed by atoms with Crippen LogP contribution in [0.3, 0.4) is 0 Å². The molecule has 0 saturated carbocycles. The zero-order valence-corrected chi connectivity index (χ0v) is 19.4. The molecule has 2 saturated heterocycles. The maximum Gasteiger partial charge on any atom is 0.254 e. The molecule has 6 heteroatoms. The molecule has 170 valence electrons. The van der Waals surface area contributed by atoms with Crippen LogP contribution in [0.1, 0.15) is 52.0 Å². The minimum atomic E-state index is 0. The van der Waals surface area contributed by atoms with E-state index in [1.54, 1.807) is 0 Å². The summed E-state index contributed by atoms with van der Waals surface area (Å²) in [7, 11) is 0. The highest BCUT2D eigenvalue weighted by atomic mass is 35.5. The molecule has 5 rings (SSSR count). The Balaban J connectivity index is 0.00000245. The highest BCUT2D eigenvalue weighted by Crippen LogP contribution is 2.27. The van der Waals surface area contributed by atoms with Gasteiger partial charge in [0, 0.05) is 43.9 Å². The van der Waals surface area contributed by atoms with Gasteiger partial charge < -0.3 is 14.7 Å². The molecule has 0 atom stereocenters. The van der Waals surface area contributed by atoms with Gasteiger partial charge in [0.1, 0.15) is 0 Å². The van der Waals surface area contributed by atoms with E-state index in [1.165, 1.54) is 25.9 Å². The van der Waals surface area contributed by atoms with Crippen LogP contribution >= 0.6 is 12.4 Å². The van der Waals surface area contributed by atoms with Crippen molar-refractivity contribution in [3.05, 3.63) is 59.2 Å². The van der Waals surface area contributed by atoms with Gasteiger partial charge in [-0.15, -0.1) is 12.4 Å². The standard InChI is InChI=1S/C26H31N3O2.ClH/c30-25(28-14-3-4-15-28)21-7-5-20(6-8-21)22-9-10-24-23(19-22)11-16-29(26(24)31)18-17-27-12-1-2-13-27;/h5-10,19H,1-4,11-18H2;1H. The molecule has 2 aromatic carbocycles. The summed E-state index contributed by atoms with van der Waals surface area (Å²) in [6.07, 6.45) is 5.68. The second-order valence-electron chi connectivity index (χ2n) is 9.04. The van der Waals surface area contributed by atoms with Gasteiger partial charge in [0.2, 0.25) is 0 Å². The van der Waals surface area contributed by atoms with Crippen LogP contribution in [0.15, 0.2) is 42.5 Å². The largest absolute Gasteiger partial charge is 0.339 e. The number of halogens is 1. The molecule has 3 heterocycles. The summed E-state index contributed by atoms with van der Waals surface area (Å²) in [5, 5.41) is 0. The van der Waals surface area contributed by atoms with Gasteiger partial charge in [-0.05, 0) is 80.1 Å². The number of carbonyl (C=O) groups excluding carboxylic acids is 2. The molecule has 32 heavy (non-hydrogen) atoms. The summed E-state index contributed by atoms with van der Waals surface area (Å²) in [5.41, 5.74) is 4.93. The number of nitrogens with zero attached hydrogens (tertiary/aromatic N) is 3. The molecular formula is C26H32ClN3O2. The molecule has 3 aliphatic heterocycles. The maximum absolute atomic E-state index is 13.0. The van der Waals surface area contributed by atoms with E-state index in [4.69, 9.17) is 0 Å². The Hall–Kier alpha value is -2.37. The van der Waals surface area contributed by atoms with Crippen LogP contribution in [0.2, 0.25) is 0 Å². The van der Waals surface area contributed by atoms with Gasteiger partial charge in [0.15, 0.2) is 0 Å². The van der Waals surface area contributed by atoms with Crippen LogP contribution in [0.5, 0.6) is 0 Å². The molecule has 0 aliphatic carbocycles. The van der Waals surface area contributed by atoms with Crippen LogP contribution in [-0.2, 0) is 6.42 Å². The van der Waals surface area contributed by atoms with Gasteiger partial charge in [-0.1, -0.05) is 24.3 Å². The molecular weight excluding hydrogens is 422 g/mol. The fraction of sp³-hybridized carbons (Fsp3) is 0.462. The lowest BCUT2D eigenvalue weighted by molar-refractivity contribution is 0.0723. The lowest BCUT2D eigenvalue weighted by Crippen LogP contribution is -2.42. The second kappa shape index (κ2) is 10.1. The number of likely N-dealkylation sites (tertiary alicyclic amines) is 2. The van der Waals surface area contributed by atoms with E-state index in [1.807, 2.05) is 46.2 Å². The first-order valence-electron chi connectivity index (χ1n) is 11.7. The van der Waals surface area contributed by atoms with Crippen molar-refractivity contribution in [1.29, 1.82) is 0 Å². The van der Waals surface area contributed by atoms with Gasteiger partial charge in [-0.2, -0.15) is 0 Å². The molecule has 5 nitrogen and oxygen atoms in total. The molecule has 0 unspecified atom stereocenters. The topological polar surface area (TPSA) is 43.9 Å². The number of hydrogen-bond donors (Lipinski definition) is 0. The first kappa shape index (κ1) is 22.8. The number of benzene rings is 2. The summed E-state index contributed by atoms with van der Waals surface area (Å²) in [6, 6.07) is 14.1. The van der Waals surface area contributed by atoms with Crippen LogP contribution < -0.4 is 0 Å². The molecule has 0 spiro atoms. The lowest BCUT2D eigenvalue weighted by atomic mass is 9.93. The van der Waals surface area contributed by atoms with Crippen molar-refractivity contribution >= 4 is 24.2 Å². The van der Waals surface area contributed by atoms with Crippen molar-refractivity contribution in [3.63, 3.8) is 0 Å². The third-order valence-corrected chi connectivity index (χ3v) is 7.02. The first-order chi connectivity index (χ1) is 15.2. The van der Waals surface area contributed by atoms with Crippen LogP contribution in [0, 0.1) is 0 Å². The number of fused-ring (bicyclic) bond motifs is 1. The zero-order valence-electron chi connectivity index (χ0n) is 18.6. The van der Waals surface area contributed by atoms with Crippen molar-refractivity contribution in [2.24, 2.45) is 0 Å². The third kappa shape index (κ3) is 4.69. The smallest absolute Gasteiger partial charge is 0.254 e. The molecule has 0 N–H and O–H groups in total. The Morgan fingerprint density at radius 2 is 1.44 bits per heavy atom. The summed E-state index contributed by atoms with van der Waals surface area (Å²) >= 11 is 0. The summed E-state index contributed by atoms with van der Waals surface area (Å²) in [6.45, 7) is 6.69. The van der Waals surface area contributed by atoms with E-state index in [0.717, 1.165) is 79.8 Å². The maximum atomic E-state index is 13.0. The third-order valence-electron chi connectivity index (χ3n) is 7.02. The Kier molecular flexibility index (Phi) is 7.17.